The van der Waals surface area contributed by atoms with Gasteiger partial charge in [0.15, 0.2) is 0 Å². The van der Waals surface area contributed by atoms with Crippen LogP contribution in [0.5, 0.6) is 0 Å². The van der Waals surface area contributed by atoms with E-state index in [4.69, 9.17) is 5.14 Å². The van der Waals surface area contributed by atoms with Crippen molar-refractivity contribution >= 4 is 26.9 Å². The fraction of sp³-hybridized carbons (Fsp3) is 0.300. The molecule has 0 amide bonds. The Bertz CT molecular complexity index is 1100. The molecule has 1 aliphatic rings. The number of nitrogens with two attached hydrogens (primary N) is 1. The summed E-state index contributed by atoms with van der Waals surface area (Å²) in [6.07, 6.45) is 2.36. The van der Waals surface area contributed by atoms with Crippen molar-refractivity contribution in [2.24, 2.45) is 11.1 Å². The molecule has 1 fully saturated rings. The maximum Gasteiger partial charge on any atom is 0.274 e. The first-order valence-corrected chi connectivity index (χ1v) is 10.8. The Balaban J connectivity index is 1.56. The molecule has 1 aromatic heterocycles. The van der Waals surface area contributed by atoms with Crippen LogP contribution < -0.4 is 14.8 Å². The van der Waals surface area contributed by atoms with Gasteiger partial charge in [0, 0.05) is 25.0 Å². The van der Waals surface area contributed by atoms with Crippen LogP contribution in [0.3, 0.4) is 0 Å². The predicted octanol–water partition coefficient (Wildman–Crippen LogP) is 2.22. The molecule has 4 rings (SSSR count). The van der Waals surface area contributed by atoms with Gasteiger partial charge < -0.3 is 4.90 Å². The maximum absolute atomic E-state index is 11.0. The van der Waals surface area contributed by atoms with Gasteiger partial charge in [-0.2, -0.15) is 8.42 Å². The summed E-state index contributed by atoms with van der Waals surface area (Å²) >= 11 is 0. The van der Waals surface area contributed by atoms with Crippen LogP contribution in [0.25, 0.3) is 22.0 Å². The number of hydrogen-bond acceptors (Lipinski definition) is 5. The standard InChI is InChI=1S/C20H23N5O2S/c1-14-9-19-18(10-17(14)16-5-3-2-4-6-16)20(23-13-22-19)25-11-15(12-25)7-8-24-28(21,26)27/h2-6,9-10,13,15,24H,7-8,11-12H2,1H3,(H2,21,26,27). The molecule has 28 heavy (non-hydrogen) atoms. The van der Waals surface area contributed by atoms with Crippen LogP contribution in [0.4, 0.5) is 5.82 Å². The monoisotopic (exact) mass is 397 g/mol. The van der Waals surface area contributed by atoms with E-state index in [1.807, 2.05) is 18.2 Å². The molecule has 3 N–H and O–H groups in total. The molecule has 2 aromatic carbocycles. The summed E-state index contributed by atoms with van der Waals surface area (Å²) in [6.45, 7) is 4.14. The maximum atomic E-state index is 11.0. The molecule has 0 saturated carbocycles. The van der Waals surface area contributed by atoms with Gasteiger partial charge >= 0.3 is 0 Å². The summed E-state index contributed by atoms with van der Waals surface area (Å²) in [7, 11) is -3.62. The SMILES string of the molecule is Cc1cc2ncnc(N3CC(CCNS(N)(=O)=O)C3)c2cc1-c1ccccc1. The van der Waals surface area contributed by atoms with Gasteiger partial charge in [0.25, 0.3) is 10.2 Å². The van der Waals surface area contributed by atoms with Crippen molar-refractivity contribution in [1.29, 1.82) is 0 Å². The van der Waals surface area contributed by atoms with Crippen LogP contribution in [-0.2, 0) is 10.2 Å². The van der Waals surface area contributed by atoms with Crippen molar-refractivity contribution in [3.8, 4) is 11.1 Å². The van der Waals surface area contributed by atoms with E-state index in [2.05, 4.69) is 50.8 Å². The predicted molar refractivity (Wildman–Crippen MR) is 111 cm³/mol. The zero-order valence-electron chi connectivity index (χ0n) is 15.7. The molecule has 0 radical (unpaired) electrons. The van der Waals surface area contributed by atoms with Gasteiger partial charge in [-0.1, -0.05) is 30.3 Å². The van der Waals surface area contributed by atoms with Crippen molar-refractivity contribution < 1.29 is 8.42 Å². The Morgan fingerprint density at radius 1 is 1.18 bits per heavy atom. The van der Waals surface area contributed by atoms with Crippen LogP contribution in [0.2, 0.25) is 0 Å². The summed E-state index contributed by atoms with van der Waals surface area (Å²) in [6, 6.07) is 14.6. The van der Waals surface area contributed by atoms with E-state index in [0.717, 1.165) is 36.2 Å². The van der Waals surface area contributed by atoms with Crippen molar-refractivity contribution in [2.45, 2.75) is 13.3 Å². The van der Waals surface area contributed by atoms with Gasteiger partial charge in [-0.15, -0.1) is 0 Å². The topological polar surface area (TPSA) is 101 Å². The molecule has 0 spiro atoms. The molecule has 7 nitrogen and oxygen atoms in total. The van der Waals surface area contributed by atoms with E-state index in [-0.39, 0.29) is 0 Å². The molecule has 1 aliphatic heterocycles. The van der Waals surface area contributed by atoms with Crippen LogP contribution in [0.1, 0.15) is 12.0 Å². The summed E-state index contributed by atoms with van der Waals surface area (Å²) in [5, 5.41) is 6.01. The van der Waals surface area contributed by atoms with Crippen molar-refractivity contribution in [3.05, 3.63) is 54.4 Å². The average Bonchev–Trinajstić information content (AvgIpc) is 2.62. The summed E-state index contributed by atoms with van der Waals surface area (Å²) in [4.78, 5) is 11.2. The molecule has 2 heterocycles. The number of aryl methyl sites for hydroxylation is 1. The van der Waals surface area contributed by atoms with Crippen molar-refractivity contribution in [3.63, 3.8) is 0 Å². The lowest BCUT2D eigenvalue weighted by molar-refractivity contribution is 0.382. The minimum Gasteiger partial charge on any atom is -0.355 e. The quantitative estimate of drug-likeness (QED) is 0.664. The number of benzene rings is 2. The van der Waals surface area contributed by atoms with Gasteiger partial charge in [0.05, 0.1) is 5.52 Å². The molecular formula is C20H23N5O2S. The van der Waals surface area contributed by atoms with Crippen LogP contribution in [0, 0.1) is 12.8 Å². The molecule has 0 bridgehead atoms. The van der Waals surface area contributed by atoms with E-state index in [1.165, 1.54) is 16.7 Å². The first-order chi connectivity index (χ1) is 13.4. The highest BCUT2D eigenvalue weighted by Crippen LogP contribution is 2.34. The smallest absolute Gasteiger partial charge is 0.274 e. The minimum atomic E-state index is -3.62. The van der Waals surface area contributed by atoms with E-state index < -0.39 is 10.2 Å². The number of fused-ring (bicyclic) bond motifs is 1. The van der Waals surface area contributed by atoms with Crippen LogP contribution in [-0.4, -0.2) is 38.0 Å². The molecule has 0 aliphatic carbocycles. The van der Waals surface area contributed by atoms with Crippen LogP contribution >= 0.6 is 0 Å². The van der Waals surface area contributed by atoms with E-state index in [0.29, 0.717) is 12.5 Å². The molecule has 3 aromatic rings. The fourth-order valence-corrected chi connectivity index (χ4v) is 4.11. The van der Waals surface area contributed by atoms with Gasteiger partial charge in [0.1, 0.15) is 12.1 Å². The van der Waals surface area contributed by atoms with Gasteiger partial charge in [-0.25, -0.2) is 19.8 Å². The fourth-order valence-electron chi connectivity index (χ4n) is 3.71. The molecule has 0 unspecified atom stereocenters. The number of nitrogens with zero attached hydrogens (tertiary/aromatic N) is 3. The lowest BCUT2D eigenvalue weighted by Crippen LogP contribution is -2.48. The highest BCUT2D eigenvalue weighted by molar-refractivity contribution is 7.87. The second-order valence-corrected chi connectivity index (χ2v) is 8.63. The van der Waals surface area contributed by atoms with Gasteiger partial charge in [0.2, 0.25) is 0 Å². The normalized spacial score (nSPS) is 15.0. The Morgan fingerprint density at radius 2 is 1.93 bits per heavy atom. The first kappa shape index (κ1) is 18.8. The third-order valence-electron chi connectivity index (χ3n) is 5.16. The third kappa shape index (κ3) is 3.99. The third-order valence-corrected chi connectivity index (χ3v) is 5.76. The largest absolute Gasteiger partial charge is 0.355 e. The Morgan fingerprint density at radius 3 is 2.64 bits per heavy atom. The van der Waals surface area contributed by atoms with E-state index in [1.54, 1.807) is 6.33 Å². The molecular weight excluding hydrogens is 374 g/mol. The van der Waals surface area contributed by atoms with Crippen molar-refractivity contribution in [2.75, 3.05) is 24.5 Å². The molecule has 1 saturated heterocycles. The summed E-state index contributed by atoms with van der Waals surface area (Å²) in [5.41, 5.74) is 4.46. The van der Waals surface area contributed by atoms with Gasteiger partial charge in [-0.05, 0) is 48.1 Å². The molecule has 8 heteroatoms. The number of hydrogen-bond donors (Lipinski definition) is 2. The Hall–Kier alpha value is -2.55. The number of aromatic nitrogens is 2. The number of anilines is 1. The minimum absolute atomic E-state index is 0.360. The lowest BCUT2D eigenvalue weighted by Gasteiger charge is -2.40. The Kier molecular flexibility index (Phi) is 5.01. The number of rotatable bonds is 6. The summed E-state index contributed by atoms with van der Waals surface area (Å²) < 4.78 is 24.3. The van der Waals surface area contributed by atoms with E-state index in [9.17, 15) is 8.42 Å². The second kappa shape index (κ2) is 7.46. The first-order valence-electron chi connectivity index (χ1n) is 9.24. The van der Waals surface area contributed by atoms with Crippen LogP contribution in [0.15, 0.2) is 48.8 Å². The molecule has 146 valence electrons. The zero-order chi connectivity index (χ0) is 19.7. The highest BCUT2D eigenvalue weighted by Gasteiger charge is 2.29. The van der Waals surface area contributed by atoms with E-state index >= 15 is 0 Å². The zero-order valence-corrected chi connectivity index (χ0v) is 16.5. The lowest BCUT2D eigenvalue weighted by atomic mass is 9.94. The molecule has 0 atom stereocenters. The Labute approximate surface area is 164 Å². The van der Waals surface area contributed by atoms with Crippen molar-refractivity contribution in [1.82, 2.24) is 14.7 Å². The average molecular weight is 398 g/mol. The highest BCUT2D eigenvalue weighted by atomic mass is 32.2. The summed E-state index contributed by atoms with van der Waals surface area (Å²) in [5.74, 6) is 1.34. The second-order valence-electron chi connectivity index (χ2n) is 7.25. The van der Waals surface area contributed by atoms with Gasteiger partial charge in [-0.3, -0.25) is 0 Å². The number of nitrogens with one attached hydrogen (secondary N) is 1.